The second-order valence-corrected chi connectivity index (χ2v) is 5.86. The molecular weight excluding hydrogens is 296 g/mol. The zero-order valence-corrected chi connectivity index (χ0v) is 14.1. The van der Waals surface area contributed by atoms with Crippen LogP contribution in [0.2, 0.25) is 0 Å². The number of thiocarbonyl (C=S) groups is 1. The second kappa shape index (κ2) is 8.13. The van der Waals surface area contributed by atoms with Crippen LogP contribution >= 0.6 is 12.2 Å². The third kappa shape index (κ3) is 4.19. The Kier molecular flexibility index (Phi) is 6.19. The zero-order chi connectivity index (χ0) is 15.9. The van der Waals surface area contributed by atoms with Crippen molar-refractivity contribution in [1.82, 2.24) is 4.90 Å². The van der Waals surface area contributed by atoms with E-state index in [-0.39, 0.29) is 11.9 Å². The molecule has 22 heavy (non-hydrogen) atoms. The minimum Gasteiger partial charge on any atom is -0.466 e. The van der Waals surface area contributed by atoms with E-state index in [1.165, 1.54) is 5.56 Å². The highest BCUT2D eigenvalue weighted by Gasteiger charge is 2.28. The van der Waals surface area contributed by atoms with Crippen molar-refractivity contribution in [3.05, 3.63) is 29.8 Å². The van der Waals surface area contributed by atoms with Gasteiger partial charge in [0, 0.05) is 18.8 Å². The van der Waals surface area contributed by atoms with Gasteiger partial charge in [-0.2, -0.15) is 0 Å². The number of hydrogen-bond acceptors (Lipinski definition) is 3. The molecule has 0 spiro atoms. The average molecular weight is 320 g/mol. The number of piperidine rings is 1. The summed E-state index contributed by atoms with van der Waals surface area (Å²) in [5, 5.41) is 4.02. The fourth-order valence-electron chi connectivity index (χ4n) is 2.76. The maximum absolute atomic E-state index is 11.9. The summed E-state index contributed by atoms with van der Waals surface area (Å²) in [5.74, 6) is -0.182. The van der Waals surface area contributed by atoms with Crippen molar-refractivity contribution in [3.8, 4) is 0 Å². The first-order valence-corrected chi connectivity index (χ1v) is 8.37. The van der Waals surface area contributed by atoms with Crippen molar-refractivity contribution in [3.63, 3.8) is 0 Å². The molecule has 2 rings (SSSR count). The van der Waals surface area contributed by atoms with E-state index >= 15 is 0 Å². The van der Waals surface area contributed by atoms with E-state index in [0.29, 0.717) is 18.3 Å². The Morgan fingerprint density at radius 1 is 1.41 bits per heavy atom. The summed E-state index contributed by atoms with van der Waals surface area (Å²) >= 11 is 5.53. The lowest BCUT2D eigenvalue weighted by atomic mass is 9.98. The Bertz CT molecular complexity index is 533. The van der Waals surface area contributed by atoms with E-state index < -0.39 is 0 Å². The summed E-state index contributed by atoms with van der Waals surface area (Å²) in [7, 11) is 0. The Labute approximate surface area is 137 Å². The summed E-state index contributed by atoms with van der Waals surface area (Å²) in [5.41, 5.74) is 2.29. The van der Waals surface area contributed by atoms with Gasteiger partial charge in [-0.15, -0.1) is 0 Å². The van der Waals surface area contributed by atoms with Gasteiger partial charge in [0.25, 0.3) is 0 Å². The fraction of sp³-hybridized carbons (Fsp3) is 0.529. The maximum atomic E-state index is 11.9. The smallest absolute Gasteiger partial charge is 0.310 e. The monoisotopic (exact) mass is 320 g/mol. The topological polar surface area (TPSA) is 41.6 Å². The minimum absolute atomic E-state index is 0.0742. The molecule has 0 aromatic heterocycles. The first kappa shape index (κ1) is 16.7. The largest absolute Gasteiger partial charge is 0.466 e. The van der Waals surface area contributed by atoms with E-state index in [0.717, 1.165) is 31.5 Å². The highest BCUT2D eigenvalue weighted by molar-refractivity contribution is 7.80. The maximum Gasteiger partial charge on any atom is 0.310 e. The summed E-state index contributed by atoms with van der Waals surface area (Å²) < 4.78 is 5.13. The Morgan fingerprint density at radius 3 is 2.91 bits per heavy atom. The average Bonchev–Trinajstić information content (AvgIpc) is 2.55. The Morgan fingerprint density at radius 2 is 2.18 bits per heavy atom. The molecule has 1 heterocycles. The molecule has 1 aliphatic rings. The van der Waals surface area contributed by atoms with Crippen LogP contribution in [0.4, 0.5) is 5.69 Å². The lowest BCUT2D eigenvalue weighted by molar-refractivity contribution is -0.149. The van der Waals surface area contributed by atoms with Crippen molar-refractivity contribution in [2.24, 2.45) is 5.92 Å². The third-order valence-electron chi connectivity index (χ3n) is 3.97. The van der Waals surface area contributed by atoms with Crippen LogP contribution in [0.25, 0.3) is 0 Å². The SMILES string of the molecule is CCOC(=O)C1CCCN(C(=S)Nc2ccccc2CC)C1. The second-order valence-electron chi connectivity index (χ2n) is 5.48. The number of likely N-dealkylation sites (tertiary alicyclic amines) is 1. The summed E-state index contributed by atoms with van der Waals surface area (Å²) in [6, 6.07) is 8.17. The number of aryl methyl sites for hydroxylation is 1. The molecule has 0 amide bonds. The number of esters is 1. The van der Waals surface area contributed by atoms with E-state index in [9.17, 15) is 4.79 Å². The molecular formula is C17H24N2O2S. The zero-order valence-electron chi connectivity index (χ0n) is 13.3. The van der Waals surface area contributed by atoms with Crippen LogP contribution in [-0.4, -0.2) is 35.7 Å². The molecule has 1 N–H and O–H groups in total. The van der Waals surface area contributed by atoms with E-state index in [1.54, 1.807) is 0 Å². The van der Waals surface area contributed by atoms with Crippen molar-refractivity contribution in [1.29, 1.82) is 0 Å². The molecule has 5 heteroatoms. The van der Waals surface area contributed by atoms with E-state index in [2.05, 4.69) is 23.2 Å². The van der Waals surface area contributed by atoms with Crippen LogP contribution in [0.15, 0.2) is 24.3 Å². The molecule has 0 aliphatic carbocycles. The van der Waals surface area contributed by atoms with Crippen LogP contribution in [0, 0.1) is 5.92 Å². The van der Waals surface area contributed by atoms with Gasteiger partial charge in [0.2, 0.25) is 0 Å². The standard InChI is InChI=1S/C17H24N2O2S/c1-3-13-8-5-6-10-15(13)18-17(22)19-11-7-9-14(12-19)16(20)21-4-2/h5-6,8,10,14H,3-4,7,9,11-12H2,1-2H3,(H,18,22). The van der Waals surface area contributed by atoms with Crippen LogP contribution in [0.1, 0.15) is 32.3 Å². The van der Waals surface area contributed by atoms with E-state index in [1.807, 2.05) is 25.1 Å². The van der Waals surface area contributed by atoms with Gasteiger partial charge < -0.3 is 15.0 Å². The molecule has 1 fully saturated rings. The first-order valence-electron chi connectivity index (χ1n) is 7.96. The van der Waals surface area contributed by atoms with Crippen molar-refractivity contribution in [2.75, 3.05) is 25.0 Å². The predicted molar refractivity (Wildman–Crippen MR) is 93.0 cm³/mol. The van der Waals surface area contributed by atoms with Gasteiger partial charge in [-0.25, -0.2) is 0 Å². The molecule has 1 aromatic carbocycles. The van der Waals surface area contributed by atoms with Gasteiger partial charge in [0.15, 0.2) is 5.11 Å². The molecule has 1 saturated heterocycles. The number of anilines is 1. The van der Waals surface area contributed by atoms with Crippen LogP contribution in [-0.2, 0) is 16.0 Å². The number of carbonyl (C=O) groups excluding carboxylic acids is 1. The summed E-state index contributed by atoms with van der Waals surface area (Å²) in [4.78, 5) is 14.0. The summed E-state index contributed by atoms with van der Waals surface area (Å²) in [6.45, 7) is 5.92. The third-order valence-corrected chi connectivity index (χ3v) is 4.33. The quantitative estimate of drug-likeness (QED) is 0.681. The van der Waals surface area contributed by atoms with Crippen LogP contribution < -0.4 is 5.32 Å². The number of benzene rings is 1. The van der Waals surface area contributed by atoms with Gasteiger partial charge in [-0.05, 0) is 50.0 Å². The Hall–Kier alpha value is -1.62. The fourth-order valence-corrected chi connectivity index (χ4v) is 3.03. The molecule has 1 aliphatic heterocycles. The number of para-hydroxylation sites is 1. The number of nitrogens with one attached hydrogen (secondary N) is 1. The predicted octanol–water partition coefficient (Wildman–Crippen LogP) is 3.22. The Balaban J connectivity index is 1.98. The number of nitrogens with zero attached hydrogens (tertiary/aromatic N) is 1. The highest BCUT2D eigenvalue weighted by Crippen LogP contribution is 2.21. The lowest BCUT2D eigenvalue weighted by Crippen LogP contribution is -2.44. The van der Waals surface area contributed by atoms with Gasteiger partial charge in [0.1, 0.15) is 0 Å². The molecule has 4 nitrogen and oxygen atoms in total. The molecule has 1 unspecified atom stereocenters. The van der Waals surface area contributed by atoms with Gasteiger partial charge >= 0.3 is 5.97 Å². The normalized spacial score (nSPS) is 17.9. The van der Waals surface area contributed by atoms with Crippen LogP contribution in [0.5, 0.6) is 0 Å². The molecule has 0 saturated carbocycles. The van der Waals surface area contributed by atoms with Crippen molar-refractivity contribution in [2.45, 2.75) is 33.1 Å². The number of hydrogen-bond donors (Lipinski definition) is 1. The molecule has 1 atom stereocenters. The van der Waals surface area contributed by atoms with Gasteiger partial charge in [-0.3, -0.25) is 4.79 Å². The first-order chi connectivity index (χ1) is 10.7. The number of ether oxygens (including phenoxy) is 1. The van der Waals surface area contributed by atoms with Gasteiger partial charge in [0.05, 0.1) is 12.5 Å². The van der Waals surface area contributed by atoms with E-state index in [4.69, 9.17) is 17.0 Å². The van der Waals surface area contributed by atoms with Crippen LogP contribution in [0.3, 0.4) is 0 Å². The molecule has 0 radical (unpaired) electrons. The summed E-state index contributed by atoms with van der Waals surface area (Å²) in [6.07, 6.45) is 2.79. The number of rotatable bonds is 4. The molecule has 120 valence electrons. The van der Waals surface area contributed by atoms with Crippen molar-refractivity contribution < 1.29 is 9.53 Å². The molecule has 1 aromatic rings. The highest BCUT2D eigenvalue weighted by atomic mass is 32.1. The minimum atomic E-state index is -0.107. The molecule has 0 bridgehead atoms. The number of carbonyl (C=O) groups is 1. The van der Waals surface area contributed by atoms with Gasteiger partial charge in [-0.1, -0.05) is 25.1 Å². The lowest BCUT2D eigenvalue weighted by Gasteiger charge is -2.33. The van der Waals surface area contributed by atoms with Crippen molar-refractivity contribution >= 4 is 29.0 Å².